The van der Waals surface area contributed by atoms with E-state index in [0.717, 1.165) is 38.1 Å². The van der Waals surface area contributed by atoms with Crippen LogP contribution in [0.3, 0.4) is 0 Å². The van der Waals surface area contributed by atoms with Gasteiger partial charge in [0.15, 0.2) is 0 Å². The summed E-state index contributed by atoms with van der Waals surface area (Å²) in [5.41, 5.74) is 5.37. The van der Waals surface area contributed by atoms with Crippen molar-refractivity contribution in [3.05, 3.63) is 28.8 Å². The van der Waals surface area contributed by atoms with Crippen molar-refractivity contribution >= 4 is 11.6 Å². The van der Waals surface area contributed by atoms with Crippen LogP contribution in [0, 0.1) is 6.92 Å². The molecular weight excluding hydrogens is 319 g/mol. The van der Waals surface area contributed by atoms with Gasteiger partial charge in [0, 0.05) is 23.8 Å². The zero-order valence-electron chi connectivity index (χ0n) is 14.3. The first-order valence-electron chi connectivity index (χ1n) is 8.12. The van der Waals surface area contributed by atoms with Crippen LogP contribution in [0.2, 0.25) is 0 Å². The van der Waals surface area contributed by atoms with Crippen molar-refractivity contribution in [1.82, 2.24) is 4.90 Å². The fourth-order valence-corrected chi connectivity index (χ4v) is 3.35. The number of piperidine rings is 1. The van der Waals surface area contributed by atoms with E-state index < -0.39 is 17.6 Å². The molecule has 0 spiro atoms. The molecule has 1 fully saturated rings. The maximum atomic E-state index is 13.2. The van der Waals surface area contributed by atoms with E-state index >= 15 is 0 Å². The summed E-state index contributed by atoms with van der Waals surface area (Å²) in [7, 11) is 2.03. The summed E-state index contributed by atoms with van der Waals surface area (Å²) in [6.07, 6.45) is -2.75. The second kappa shape index (κ2) is 7.01. The van der Waals surface area contributed by atoms with Crippen LogP contribution in [0.5, 0.6) is 0 Å². The fraction of sp³-hybridized carbons (Fsp3) is 0.588. The van der Waals surface area contributed by atoms with Gasteiger partial charge in [0.05, 0.1) is 5.56 Å². The maximum absolute atomic E-state index is 13.2. The van der Waals surface area contributed by atoms with Gasteiger partial charge in [0.25, 0.3) is 0 Å². The Labute approximate surface area is 140 Å². The third-order valence-corrected chi connectivity index (χ3v) is 4.75. The summed E-state index contributed by atoms with van der Waals surface area (Å²) >= 11 is 0. The number of halogens is 3. The second-order valence-electron chi connectivity index (χ2n) is 6.35. The molecule has 1 aliphatic heterocycles. The lowest BCUT2D eigenvalue weighted by Gasteiger charge is -2.39. The number of likely N-dealkylation sites (tertiary alicyclic amines) is 1. The Hall–Kier alpha value is -1.76. The van der Waals surface area contributed by atoms with Crippen LogP contribution in [0.15, 0.2) is 12.1 Å². The van der Waals surface area contributed by atoms with Crippen LogP contribution in [0.4, 0.5) is 18.9 Å². The lowest BCUT2D eigenvalue weighted by Crippen LogP contribution is -2.44. The zero-order valence-corrected chi connectivity index (χ0v) is 14.3. The summed E-state index contributed by atoms with van der Waals surface area (Å²) in [5, 5.41) is 0. The van der Waals surface area contributed by atoms with Gasteiger partial charge in [0.1, 0.15) is 0 Å². The Kier molecular flexibility index (Phi) is 5.42. The number of hydrogen-bond acceptors (Lipinski definition) is 3. The minimum Gasteiger partial charge on any atom is -0.368 e. The van der Waals surface area contributed by atoms with Crippen LogP contribution in [0.1, 0.15) is 41.3 Å². The van der Waals surface area contributed by atoms with E-state index in [-0.39, 0.29) is 11.6 Å². The Morgan fingerprint density at radius 1 is 1.33 bits per heavy atom. The molecule has 24 heavy (non-hydrogen) atoms. The van der Waals surface area contributed by atoms with E-state index in [2.05, 4.69) is 4.90 Å². The molecule has 2 N–H and O–H groups in total. The molecule has 4 nitrogen and oxygen atoms in total. The van der Waals surface area contributed by atoms with E-state index in [1.807, 2.05) is 18.9 Å². The molecule has 0 aromatic heterocycles. The molecule has 0 atom stereocenters. The highest BCUT2D eigenvalue weighted by molar-refractivity contribution is 5.96. The Morgan fingerprint density at radius 3 is 2.38 bits per heavy atom. The van der Waals surface area contributed by atoms with Crippen LogP contribution in [-0.2, 0) is 6.18 Å². The Balaban J connectivity index is 2.49. The molecule has 134 valence electrons. The van der Waals surface area contributed by atoms with Gasteiger partial charge < -0.3 is 15.5 Å². The van der Waals surface area contributed by atoms with E-state index in [0.29, 0.717) is 17.8 Å². The highest BCUT2D eigenvalue weighted by Crippen LogP contribution is 2.36. The number of carbonyl (C=O) groups excluding carboxylic acids is 1. The molecule has 0 radical (unpaired) electrons. The zero-order chi connectivity index (χ0) is 18.1. The largest absolute Gasteiger partial charge is 0.416 e. The van der Waals surface area contributed by atoms with Gasteiger partial charge in [-0.1, -0.05) is 0 Å². The summed E-state index contributed by atoms with van der Waals surface area (Å²) in [6, 6.07) is 2.15. The predicted molar refractivity (Wildman–Crippen MR) is 88.2 cm³/mol. The van der Waals surface area contributed by atoms with Gasteiger partial charge in [-0.3, -0.25) is 4.79 Å². The van der Waals surface area contributed by atoms with Gasteiger partial charge in [-0.25, -0.2) is 0 Å². The lowest BCUT2D eigenvalue weighted by molar-refractivity contribution is -0.137. The molecule has 1 aromatic carbocycles. The van der Waals surface area contributed by atoms with Crippen molar-refractivity contribution in [3.63, 3.8) is 0 Å². The molecular formula is C17H24F3N3O. The van der Waals surface area contributed by atoms with E-state index in [4.69, 9.17) is 5.73 Å². The average molecular weight is 343 g/mol. The molecule has 1 amide bonds. The number of nitrogens with two attached hydrogens (primary N) is 1. The Bertz CT molecular complexity index is 608. The van der Waals surface area contributed by atoms with Gasteiger partial charge in [-0.05, 0) is 64.5 Å². The molecule has 1 aliphatic rings. The SMILES string of the molecule is CCN(c1cc(C(F)(F)F)cc(C(N)=O)c1C)C1CCN(C)CC1. The minimum absolute atomic E-state index is 0.0637. The van der Waals surface area contributed by atoms with Gasteiger partial charge in [-0.15, -0.1) is 0 Å². The molecule has 1 heterocycles. The smallest absolute Gasteiger partial charge is 0.368 e. The number of amides is 1. The third kappa shape index (κ3) is 3.83. The standard InChI is InChI=1S/C17H24F3N3O/c1-4-23(13-5-7-22(3)8-6-13)15-10-12(17(18,19)20)9-14(11(15)2)16(21)24/h9-10,13H,4-8H2,1-3H3,(H2,21,24). The number of rotatable bonds is 4. The van der Waals surface area contributed by atoms with Crippen molar-refractivity contribution < 1.29 is 18.0 Å². The van der Waals surface area contributed by atoms with E-state index in [1.165, 1.54) is 0 Å². The highest BCUT2D eigenvalue weighted by atomic mass is 19.4. The summed E-state index contributed by atoms with van der Waals surface area (Å²) < 4.78 is 39.7. The van der Waals surface area contributed by atoms with Crippen molar-refractivity contribution in [2.45, 2.75) is 38.9 Å². The number of benzene rings is 1. The van der Waals surface area contributed by atoms with E-state index in [9.17, 15) is 18.0 Å². The molecule has 7 heteroatoms. The normalized spacial score (nSPS) is 17.1. The molecule has 0 bridgehead atoms. The van der Waals surface area contributed by atoms with E-state index in [1.54, 1.807) is 6.92 Å². The third-order valence-electron chi connectivity index (χ3n) is 4.75. The quantitative estimate of drug-likeness (QED) is 0.914. The predicted octanol–water partition coefficient (Wildman–Crippen LogP) is 3.03. The molecule has 0 saturated carbocycles. The first-order chi connectivity index (χ1) is 11.1. The number of nitrogens with zero attached hydrogens (tertiary/aromatic N) is 2. The second-order valence-corrected chi connectivity index (χ2v) is 6.35. The number of primary amides is 1. The maximum Gasteiger partial charge on any atom is 0.416 e. The highest BCUT2D eigenvalue weighted by Gasteiger charge is 2.34. The summed E-state index contributed by atoms with van der Waals surface area (Å²) in [4.78, 5) is 15.8. The van der Waals surface area contributed by atoms with Gasteiger partial charge in [-0.2, -0.15) is 13.2 Å². The Morgan fingerprint density at radius 2 is 1.92 bits per heavy atom. The first kappa shape index (κ1) is 18.6. The summed E-state index contributed by atoms with van der Waals surface area (Å²) in [5.74, 6) is -0.834. The average Bonchev–Trinajstić information content (AvgIpc) is 2.49. The summed E-state index contributed by atoms with van der Waals surface area (Å²) in [6.45, 7) is 5.97. The van der Waals surface area contributed by atoms with Crippen LogP contribution < -0.4 is 10.6 Å². The first-order valence-corrected chi connectivity index (χ1v) is 8.12. The molecule has 1 saturated heterocycles. The van der Waals surface area contributed by atoms with Crippen molar-refractivity contribution in [3.8, 4) is 0 Å². The van der Waals surface area contributed by atoms with Crippen molar-refractivity contribution in [2.24, 2.45) is 5.73 Å². The number of carbonyl (C=O) groups is 1. The molecule has 2 rings (SSSR count). The molecule has 1 aromatic rings. The number of anilines is 1. The van der Waals surface area contributed by atoms with Crippen molar-refractivity contribution in [1.29, 1.82) is 0 Å². The number of alkyl halides is 3. The minimum atomic E-state index is -4.52. The van der Waals surface area contributed by atoms with Gasteiger partial charge in [0.2, 0.25) is 5.91 Å². The lowest BCUT2D eigenvalue weighted by atomic mass is 9.97. The fourth-order valence-electron chi connectivity index (χ4n) is 3.35. The van der Waals surface area contributed by atoms with Crippen LogP contribution in [-0.4, -0.2) is 43.5 Å². The van der Waals surface area contributed by atoms with Crippen molar-refractivity contribution in [2.75, 3.05) is 31.6 Å². The monoisotopic (exact) mass is 343 g/mol. The van der Waals surface area contributed by atoms with Crippen LogP contribution >= 0.6 is 0 Å². The number of hydrogen-bond donors (Lipinski definition) is 1. The van der Waals surface area contributed by atoms with Gasteiger partial charge >= 0.3 is 6.18 Å². The molecule has 0 aliphatic carbocycles. The molecule has 0 unspecified atom stereocenters. The topological polar surface area (TPSA) is 49.6 Å². The van der Waals surface area contributed by atoms with Crippen LogP contribution in [0.25, 0.3) is 0 Å².